The Morgan fingerprint density at radius 3 is 2.26 bits per heavy atom. The third kappa shape index (κ3) is 6.45. The van der Waals surface area contributed by atoms with Crippen molar-refractivity contribution < 1.29 is 13.2 Å². The second kappa shape index (κ2) is 10.5. The molecule has 162 valence electrons. The molecular formula is C22H19Cl3N2O3S. The molecule has 0 aromatic heterocycles. The first-order valence-corrected chi connectivity index (χ1v) is 11.8. The Labute approximate surface area is 196 Å². The molecule has 0 fully saturated rings. The number of nitrogens with one attached hydrogen (secondary N) is 1. The fourth-order valence-electron chi connectivity index (χ4n) is 2.87. The highest BCUT2D eigenvalue weighted by molar-refractivity contribution is 7.89. The SMILES string of the molecule is O=C(CN(Cc1cccc(Cl)c1)S(=O)(=O)c1ccc(Cl)cc1)NCc1ccccc1Cl. The van der Waals surface area contributed by atoms with Gasteiger partial charge in [-0.2, -0.15) is 4.31 Å². The fraction of sp³-hybridized carbons (Fsp3) is 0.136. The highest BCUT2D eigenvalue weighted by Crippen LogP contribution is 2.22. The van der Waals surface area contributed by atoms with Crippen LogP contribution in [0.4, 0.5) is 0 Å². The Balaban J connectivity index is 1.82. The predicted octanol–water partition coefficient (Wildman–Crippen LogP) is 5.15. The Morgan fingerprint density at radius 1 is 0.871 bits per heavy atom. The van der Waals surface area contributed by atoms with Crippen molar-refractivity contribution in [2.24, 2.45) is 0 Å². The largest absolute Gasteiger partial charge is 0.351 e. The number of hydrogen-bond acceptors (Lipinski definition) is 3. The van der Waals surface area contributed by atoms with Gasteiger partial charge in [0.1, 0.15) is 0 Å². The summed E-state index contributed by atoms with van der Waals surface area (Å²) in [6.07, 6.45) is 0. The summed E-state index contributed by atoms with van der Waals surface area (Å²) in [5.41, 5.74) is 1.39. The van der Waals surface area contributed by atoms with Crippen LogP contribution in [0.5, 0.6) is 0 Å². The van der Waals surface area contributed by atoms with Crippen LogP contribution in [0.2, 0.25) is 15.1 Å². The zero-order valence-electron chi connectivity index (χ0n) is 16.3. The maximum atomic E-state index is 13.2. The number of amides is 1. The Bertz CT molecular complexity index is 1170. The van der Waals surface area contributed by atoms with Crippen molar-refractivity contribution in [1.29, 1.82) is 0 Å². The molecule has 9 heteroatoms. The standard InChI is InChI=1S/C22H19Cl3N2O3S/c23-18-8-10-20(11-9-18)31(29,30)27(14-16-4-3-6-19(24)12-16)15-22(28)26-13-17-5-1-2-7-21(17)25/h1-12H,13-15H2,(H,26,28). The molecule has 3 aromatic carbocycles. The summed E-state index contributed by atoms with van der Waals surface area (Å²) in [5, 5.41) is 4.14. The van der Waals surface area contributed by atoms with Gasteiger partial charge in [-0.15, -0.1) is 0 Å². The average molecular weight is 498 g/mol. The van der Waals surface area contributed by atoms with Crippen molar-refractivity contribution in [3.63, 3.8) is 0 Å². The summed E-state index contributed by atoms with van der Waals surface area (Å²) in [6, 6.07) is 19.7. The zero-order valence-corrected chi connectivity index (χ0v) is 19.3. The van der Waals surface area contributed by atoms with Crippen molar-refractivity contribution in [2.75, 3.05) is 6.54 Å². The maximum absolute atomic E-state index is 13.2. The van der Waals surface area contributed by atoms with E-state index < -0.39 is 15.9 Å². The summed E-state index contributed by atoms with van der Waals surface area (Å²) in [7, 11) is -3.97. The van der Waals surface area contributed by atoms with Crippen molar-refractivity contribution in [2.45, 2.75) is 18.0 Å². The maximum Gasteiger partial charge on any atom is 0.243 e. The molecule has 0 spiro atoms. The first kappa shape index (κ1) is 23.6. The number of nitrogens with zero attached hydrogens (tertiary/aromatic N) is 1. The summed E-state index contributed by atoms with van der Waals surface area (Å²) < 4.78 is 27.6. The van der Waals surface area contributed by atoms with E-state index >= 15 is 0 Å². The Morgan fingerprint density at radius 2 is 1.58 bits per heavy atom. The van der Waals surface area contributed by atoms with Crippen LogP contribution in [0, 0.1) is 0 Å². The summed E-state index contributed by atoms with van der Waals surface area (Å²) in [4.78, 5) is 12.7. The third-order valence-electron chi connectivity index (χ3n) is 4.45. The third-order valence-corrected chi connectivity index (χ3v) is 7.11. The summed E-state index contributed by atoms with van der Waals surface area (Å²) in [6.45, 7) is -0.211. The van der Waals surface area contributed by atoms with Crippen molar-refractivity contribution >= 4 is 50.7 Å². The molecule has 3 rings (SSSR count). The van der Waals surface area contributed by atoms with E-state index in [0.717, 1.165) is 9.87 Å². The van der Waals surface area contributed by atoms with E-state index in [0.29, 0.717) is 20.6 Å². The second-order valence-corrected chi connectivity index (χ2v) is 9.94. The van der Waals surface area contributed by atoms with Crippen LogP contribution in [-0.2, 0) is 27.9 Å². The molecule has 0 aliphatic rings. The van der Waals surface area contributed by atoms with Crippen LogP contribution in [0.25, 0.3) is 0 Å². The lowest BCUT2D eigenvalue weighted by molar-refractivity contribution is -0.121. The topological polar surface area (TPSA) is 66.5 Å². The molecule has 5 nitrogen and oxygen atoms in total. The van der Waals surface area contributed by atoms with E-state index in [-0.39, 0.29) is 24.5 Å². The molecule has 0 saturated heterocycles. The van der Waals surface area contributed by atoms with Gasteiger partial charge in [0.25, 0.3) is 0 Å². The van der Waals surface area contributed by atoms with Gasteiger partial charge in [0.15, 0.2) is 0 Å². The molecule has 1 amide bonds. The van der Waals surface area contributed by atoms with E-state index in [1.54, 1.807) is 42.5 Å². The molecule has 31 heavy (non-hydrogen) atoms. The van der Waals surface area contributed by atoms with Crippen LogP contribution in [0.1, 0.15) is 11.1 Å². The van der Waals surface area contributed by atoms with Gasteiger partial charge in [-0.05, 0) is 53.6 Å². The minimum Gasteiger partial charge on any atom is -0.351 e. The van der Waals surface area contributed by atoms with Crippen LogP contribution >= 0.6 is 34.8 Å². The molecular weight excluding hydrogens is 479 g/mol. The number of hydrogen-bond donors (Lipinski definition) is 1. The predicted molar refractivity (Wildman–Crippen MR) is 124 cm³/mol. The molecule has 0 bridgehead atoms. The highest BCUT2D eigenvalue weighted by Gasteiger charge is 2.27. The molecule has 0 saturated carbocycles. The number of carbonyl (C=O) groups is 1. The van der Waals surface area contributed by atoms with Gasteiger partial charge in [-0.3, -0.25) is 4.79 Å². The Hall–Kier alpha value is -2.09. The normalized spacial score (nSPS) is 11.5. The van der Waals surface area contributed by atoms with Crippen molar-refractivity contribution in [1.82, 2.24) is 9.62 Å². The minimum absolute atomic E-state index is 0.0228. The van der Waals surface area contributed by atoms with Gasteiger partial charge in [0, 0.05) is 28.2 Å². The fourth-order valence-corrected chi connectivity index (χ4v) is 4.80. The lowest BCUT2D eigenvalue weighted by atomic mass is 10.2. The van der Waals surface area contributed by atoms with Gasteiger partial charge in [-0.25, -0.2) is 8.42 Å². The second-order valence-electron chi connectivity index (χ2n) is 6.73. The monoisotopic (exact) mass is 496 g/mol. The first-order valence-electron chi connectivity index (χ1n) is 9.26. The number of halogens is 3. The molecule has 3 aromatic rings. The van der Waals surface area contributed by atoms with Gasteiger partial charge < -0.3 is 5.32 Å². The average Bonchev–Trinajstić information content (AvgIpc) is 2.73. The Kier molecular flexibility index (Phi) is 7.97. The summed E-state index contributed by atoms with van der Waals surface area (Å²) >= 11 is 18.0. The smallest absolute Gasteiger partial charge is 0.243 e. The molecule has 0 unspecified atom stereocenters. The van der Waals surface area contributed by atoms with E-state index in [1.807, 2.05) is 6.07 Å². The minimum atomic E-state index is -3.97. The van der Waals surface area contributed by atoms with Gasteiger partial charge in [0.05, 0.1) is 11.4 Å². The van der Waals surface area contributed by atoms with Crippen LogP contribution in [-0.4, -0.2) is 25.2 Å². The van der Waals surface area contributed by atoms with E-state index in [4.69, 9.17) is 34.8 Å². The van der Waals surface area contributed by atoms with Crippen molar-refractivity contribution in [3.05, 3.63) is 99.0 Å². The quantitative estimate of drug-likeness (QED) is 0.468. The molecule has 0 aliphatic carbocycles. The molecule has 1 N–H and O–H groups in total. The zero-order chi connectivity index (χ0) is 22.4. The molecule has 0 heterocycles. The molecule has 0 radical (unpaired) electrons. The van der Waals surface area contributed by atoms with E-state index in [2.05, 4.69) is 5.32 Å². The first-order chi connectivity index (χ1) is 14.8. The van der Waals surface area contributed by atoms with E-state index in [9.17, 15) is 13.2 Å². The van der Waals surface area contributed by atoms with Gasteiger partial charge in [-0.1, -0.05) is 65.1 Å². The van der Waals surface area contributed by atoms with Crippen molar-refractivity contribution in [3.8, 4) is 0 Å². The number of carbonyl (C=O) groups excluding carboxylic acids is 1. The highest BCUT2D eigenvalue weighted by atomic mass is 35.5. The summed E-state index contributed by atoms with van der Waals surface area (Å²) in [5.74, 6) is -0.459. The lowest BCUT2D eigenvalue weighted by Crippen LogP contribution is -2.40. The molecule has 0 aliphatic heterocycles. The molecule has 0 atom stereocenters. The van der Waals surface area contributed by atoms with Crippen LogP contribution in [0.3, 0.4) is 0 Å². The lowest BCUT2D eigenvalue weighted by Gasteiger charge is -2.22. The van der Waals surface area contributed by atoms with Crippen LogP contribution in [0.15, 0.2) is 77.7 Å². The van der Waals surface area contributed by atoms with Crippen LogP contribution < -0.4 is 5.32 Å². The number of sulfonamides is 1. The number of rotatable bonds is 8. The van der Waals surface area contributed by atoms with E-state index in [1.165, 1.54) is 24.3 Å². The van der Waals surface area contributed by atoms with Gasteiger partial charge in [0.2, 0.25) is 15.9 Å². The number of benzene rings is 3. The van der Waals surface area contributed by atoms with Gasteiger partial charge >= 0.3 is 0 Å².